The average Bonchev–Trinajstić information content (AvgIpc) is 3.67. The lowest BCUT2D eigenvalue weighted by molar-refractivity contribution is -0.153. The van der Waals surface area contributed by atoms with Crippen LogP contribution in [0.25, 0.3) is 32.8 Å². The van der Waals surface area contributed by atoms with E-state index >= 15 is 0 Å². The highest BCUT2D eigenvalue weighted by atomic mass is 19.4. The molecule has 4 saturated heterocycles. The van der Waals surface area contributed by atoms with Crippen LogP contribution in [0, 0.1) is 0 Å². The lowest BCUT2D eigenvalue weighted by Crippen LogP contribution is -2.51. The number of halogens is 4. The maximum Gasteiger partial charge on any atom is 0.422 e. The van der Waals surface area contributed by atoms with Crippen LogP contribution < -0.4 is 19.7 Å². The molecular weight excluding hydrogens is 602 g/mol. The van der Waals surface area contributed by atoms with Crippen LogP contribution in [0.2, 0.25) is 0 Å². The van der Waals surface area contributed by atoms with Crippen LogP contribution in [0.3, 0.4) is 0 Å². The highest BCUT2D eigenvalue weighted by Crippen LogP contribution is 2.45. The summed E-state index contributed by atoms with van der Waals surface area (Å²) in [6.45, 7) is 1.18. The van der Waals surface area contributed by atoms with Gasteiger partial charge in [-0.1, -0.05) is 24.3 Å². The van der Waals surface area contributed by atoms with Crippen LogP contribution in [0.4, 0.5) is 23.4 Å². The number of alkyl halides is 4. The molecule has 2 N–H and O–H groups in total. The number of piperazine rings is 1. The molecule has 8 nitrogen and oxygen atoms in total. The molecule has 4 aliphatic rings. The molecule has 0 saturated carbocycles. The van der Waals surface area contributed by atoms with Gasteiger partial charge in [-0.3, -0.25) is 4.90 Å². The molecule has 2 unspecified atom stereocenters. The van der Waals surface area contributed by atoms with Gasteiger partial charge in [0.1, 0.15) is 29.9 Å². The van der Waals surface area contributed by atoms with Crippen molar-refractivity contribution in [2.24, 2.45) is 0 Å². The molecule has 2 bridgehead atoms. The predicted octanol–water partition coefficient (Wildman–Crippen LogP) is 5.99. The van der Waals surface area contributed by atoms with Gasteiger partial charge in [-0.15, -0.1) is 0 Å². The number of phenols is 1. The monoisotopic (exact) mass is 637 g/mol. The maximum atomic E-state index is 14.5. The average molecular weight is 638 g/mol. The first-order valence-electron chi connectivity index (χ1n) is 15.9. The molecule has 4 aliphatic heterocycles. The largest absolute Gasteiger partial charge is 0.508 e. The van der Waals surface area contributed by atoms with Crippen molar-refractivity contribution in [1.82, 2.24) is 20.2 Å². The molecule has 4 aromatic rings. The lowest BCUT2D eigenvalue weighted by Gasteiger charge is -2.35. The third-order valence-corrected chi connectivity index (χ3v) is 10.0. The Morgan fingerprint density at radius 3 is 2.57 bits per heavy atom. The minimum Gasteiger partial charge on any atom is -0.508 e. The van der Waals surface area contributed by atoms with E-state index in [4.69, 9.17) is 19.4 Å². The molecular formula is C34H35F4N5O3. The first-order valence-corrected chi connectivity index (χ1v) is 15.9. The van der Waals surface area contributed by atoms with Crippen LogP contribution in [0.5, 0.6) is 17.5 Å². The molecule has 0 aliphatic carbocycles. The molecule has 4 fully saturated rings. The Morgan fingerprint density at radius 2 is 1.76 bits per heavy atom. The van der Waals surface area contributed by atoms with Crippen molar-refractivity contribution in [3.05, 3.63) is 48.5 Å². The van der Waals surface area contributed by atoms with Gasteiger partial charge in [-0.25, -0.2) is 4.39 Å². The standard InChI is InChI=1S/C34H35F4N5O3/c35-21-14-33(10-3-11-43(33)15-21)18-46-32-40-29-27(31(41-32)42-16-22-6-7-23(17-42)39-22)9-8-26(30(29)45-19-34(36,37)38)28-13-24(44)12-20-4-1-2-5-25(20)28/h1-2,4-5,8-9,12-13,21-23,39,44H,3,6-7,10-11,14-19H2/t21-,22?,23?,33+/m0/s1. The summed E-state index contributed by atoms with van der Waals surface area (Å²) in [7, 11) is 0. The van der Waals surface area contributed by atoms with Crippen molar-refractivity contribution >= 4 is 27.5 Å². The molecule has 4 atom stereocenters. The molecule has 8 rings (SSSR count). The van der Waals surface area contributed by atoms with Crippen molar-refractivity contribution < 1.29 is 32.1 Å². The molecule has 12 heteroatoms. The molecule has 3 aromatic carbocycles. The number of hydrogen-bond acceptors (Lipinski definition) is 8. The number of benzene rings is 3. The van der Waals surface area contributed by atoms with Crippen molar-refractivity contribution in [2.45, 2.75) is 62.1 Å². The fourth-order valence-electron chi connectivity index (χ4n) is 8.09. The highest BCUT2D eigenvalue weighted by molar-refractivity contribution is 6.04. The zero-order valence-corrected chi connectivity index (χ0v) is 25.2. The van der Waals surface area contributed by atoms with Crippen LogP contribution >= 0.6 is 0 Å². The Labute approximate surface area is 263 Å². The Kier molecular flexibility index (Phi) is 7.13. The number of ether oxygens (including phenoxy) is 2. The van der Waals surface area contributed by atoms with E-state index < -0.39 is 24.5 Å². The number of aromatic hydroxyl groups is 1. The summed E-state index contributed by atoms with van der Waals surface area (Å²) >= 11 is 0. The lowest BCUT2D eigenvalue weighted by atomic mass is 9.95. The summed E-state index contributed by atoms with van der Waals surface area (Å²) < 4.78 is 67.6. The summed E-state index contributed by atoms with van der Waals surface area (Å²) in [5.74, 6) is 0.475. The van der Waals surface area contributed by atoms with E-state index in [9.17, 15) is 22.7 Å². The van der Waals surface area contributed by atoms with Crippen molar-refractivity contribution in [1.29, 1.82) is 0 Å². The van der Waals surface area contributed by atoms with E-state index in [0.29, 0.717) is 48.4 Å². The van der Waals surface area contributed by atoms with E-state index in [2.05, 4.69) is 15.1 Å². The van der Waals surface area contributed by atoms with Gasteiger partial charge >= 0.3 is 12.2 Å². The van der Waals surface area contributed by atoms with Gasteiger partial charge in [0, 0.05) is 49.1 Å². The molecule has 242 valence electrons. The number of fused-ring (bicyclic) bond motifs is 5. The Hall–Kier alpha value is -3.90. The number of rotatable bonds is 7. The zero-order chi connectivity index (χ0) is 31.6. The van der Waals surface area contributed by atoms with Gasteiger partial charge in [-0.2, -0.15) is 23.1 Å². The molecule has 0 amide bonds. The molecule has 0 spiro atoms. The zero-order valence-electron chi connectivity index (χ0n) is 25.2. The third-order valence-electron chi connectivity index (χ3n) is 10.0. The van der Waals surface area contributed by atoms with Crippen LogP contribution in [0.15, 0.2) is 48.5 Å². The van der Waals surface area contributed by atoms with Gasteiger partial charge < -0.3 is 24.8 Å². The number of anilines is 1. The topological polar surface area (TPSA) is 83.0 Å². The summed E-state index contributed by atoms with van der Waals surface area (Å²) in [6, 6.07) is 14.6. The highest BCUT2D eigenvalue weighted by Gasteiger charge is 2.49. The molecule has 0 radical (unpaired) electrons. The smallest absolute Gasteiger partial charge is 0.422 e. The van der Waals surface area contributed by atoms with Gasteiger partial charge in [0.25, 0.3) is 0 Å². The second-order valence-electron chi connectivity index (χ2n) is 13.2. The van der Waals surface area contributed by atoms with E-state index in [-0.39, 0.29) is 41.7 Å². The Morgan fingerprint density at radius 1 is 0.957 bits per heavy atom. The predicted molar refractivity (Wildman–Crippen MR) is 166 cm³/mol. The summed E-state index contributed by atoms with van der Waals surface area (Å²) in [6.07, 6.45) is -1.37. The summed E-state index contributed by atoms with van der Waals surface area (Å²) in [4.78, 5) is 13.9. The Balaban J connectivity index is 1.29. The molecule has 1 aromatic heterocycles. The normalized spacial score (nSPS) is 26.3. The quantitative estimate of drug-likeness (QED) is 0.239. The van der Waals surface area contributed by atoms with Crippen LogP contribution in [-0.2, 0) is 0 Å². The minimum absolute atomic E-state index is 0.0201. The van der Waals surface area contributed by atoms with Crippen LogP contribution in [0.1, 0.15) is 32.1 Å². The van der Waals surface area contributed by atoms with Gasteiger partial charge in [0.15, 0.2) is 12.4 Å². The summed E-state index contributed by atoms with van der Waals surface area (Å²) in [5, 5.41) is 16.2. The fourth-order valence-corrected chi connectivity index (χ4v) is 8.09. The number of phenolic OH excluding ortho intramolecular Hbond substituents is 1. The van der Waals surface area contributed by atoms with Gasteiger partial charge in [0.05, 0.1) is 5.54 Å². The Bertz CT molecular complexity index is 1790. The molecule has 46 heavy (non-hydrogen) atoms. The van der Waals surface area contributed by atoms with E-state index in [1.165, 1.54) is 6.07 Å². The second kappa shape index (κ2) is 11.1. The van der Waals surface area contributed by atoms with Crippen molar-refractivity contribution in [3.8, 4) is 28.6 Å². The minimum atomic E-state index is -4.61. The van der Waals surface area contributed by atoms with E-state index in [1.807, 2.05) is 30.3 Å². The molecule has 5 heterocycles. The third kappa shape index (κ3) is 5.34. The number of nitrogens with one attached hydrogen (secondary N) is 1. The SMILES string of the molecule is Oc1cc(-c2ccc3c(N4CC5CCC(C4)N5)nc(OC[C@]45CCCN4C[C@@H](F)C5)nc3c2OCC(F)(F)F)c2ccccc2c1. The maximum absolute atomic E-state index is 14.5. The number of aromatic nitrogens is 2. The van der Waals surface area contributed by atoms with Crippen molar-refractivity contribution in [3.63, 3.8) is 0 Å². The number of nitrogens with zero attached hydrogens (tertiary/aromatic N) is 4. The van der Waals surface area contributed by atoms with Gasteiger partial charge in [0.2, 0.25) is 0 Å². The van der Waals surface area contributed by atoms with E-state index in [0.717, 1.165) is 43.0 Å². The fraction of sp³-hybridized carbons (Fsp3) is 0.471. The summed E-state index contributed by atoms with van der Waals surface area (Å²) in [5.41, 5.74) is 0.606. The number of hydrogen-bond donors (Lipinski definition) is 2. The van der Waals surface area contributed by atoms with Gasteiger partial charge in [-0.05, 0) is 72.8 Å². The van der Waals surface area contributed by atoms with Crippen LogP contribution in [-0.4, -0.2) is 89.3 Å². The second-order valence-corrected chi connectivity index (χ2v) is 13.2. The first kappa shape index (κ1) is 29.5. The first-order chi connectivity index (χ1) is 22.1. The van der Waals surface area contributed by atoms with E-state index in [1.54, 1.807) is 12.1 Å². The van der Waals surface area contributed by atoms with Crippen molar-refractivity contribution in [2.75, 3.05) is 44.3 Å².